The SMILES string of the molecule is Cc1ccc(N2c3ccc(C)cc3B3c4cc5c(cc4N(c4ccc(C)cc4)c4cc(I)cc2c43)Oc2cc(C(C)(C)C)cc3c2B5c2cc(C)cc4c5cc(C)ccc5n-3c24)cc1. The summed E-state index contributed by atoms with van der Waals surface area (Å²) >= 11 is 2.53. The number of aromatic nitrogens is 1. The molecule has 0 bridgehead atoms. The van der Waals surface area contributed by atoms with Crippen LogP contribution < -0.4 is 47.3 Å². The van der Waals surface area contributed by atoms with Crippen molar-refractivity contribution in [2.75, 3.05) is 9.80 Å². The van der Waals surface area contributed by atoms with Crippen LogP contribution in [0.2, 0.25) is 0 Å². The van der Waals surface area contributed by atoms with E-state index in [-0.39, 0.29) is 18.8 Å². The minimum absolute atomic E-state index is 0.0136. The van der Waals surface area contributed by atoms with Crippen molar-refractivity contribution in [2.24, 2.45) is 0 Å². The first-order chi connectivity index (χ1) is 30.8. The highest BCUT2D eigenvalue weighted by atomic mass is 127. The van der Waals surface area contributed by atoms with E-state index < -0.39 is 0 Å². The molecule has 0 spiro atoms. The Kier molecular flexibility index (Phi) is 7.90. The molecule has 0 fully saturated rings. The predicted octanol–water partition coefficient (Wildman–Crippen LogP) is 11.2. The van der Waals surface area contributed by atoms with E-state index in [1.165, 1.54) is 120 Å². The molecule has 0 saturated carbocycles. The van der Waals surface area contributed by atoms with E-state index >= 15 is 0 Å². The van der Waals surface area contributed by atoms with Gasteiger partial charge in [-0.1, -0.05) is 103 Å². The molecule has 9 aromatic rings. The second kappa shape index (κ2) is 13.2. The largest absolute Gasteiger partial charge is 0.458 e. The Hall–Kier alpha value is -6.18. The average Bonchev–Trinajstić information content (AvgIpc) is 3.58. The molecule has 0 N–H and O–H groups in total. The number of anilines is 6. The summed E-state index contributed by atoms with van der Waals surface area (Å²) in [4.78, 5) is 5.02. The van der Waals surface area contributed by atoms with Crippen molar-refractivity contribution in [1.29, 1.82) is 0 Å². The normalized spacial score (nSPS) is 14.0. The number of fused-ring (bicyclic) bond motifs is 11. The van der Waals surface area contributed by atoms with Crippen molar-refractivity contribution in [3.8, 4) is 17.2 Å². The second-order valence-electron chi connectivity index (χ2n) is 19.9. The lowest BCUT2D eigenvalue weighted by Gasteiger charge is -2.45. The maximum atomic E-state index is 7.42. The van der Waals surface area contributed by atoms with Gasteiger partial charge >= 0.3 is 0 Å². The third-order valence-electron chi connectivity index (χ3n) is 14.5. The van der Waals surface area contributed by atoms with Gasteiger partial charge in [0.15, 0.2) is 0 Å². The smallest absolute Gasteiger partial charge is 0.256 e. The Labute approximate surface area is 389 Å². The first-order valence-electron chi connectivity index (χ1n) is 22.6. The quantitative estimate of drug-likeness (QED) is 0.127. The maximum Gasteiger partial charge on any atom is 0.256 e. The molecule has 7 heteroatoms. The van der Waals surface area contributed by atoms with Gasteiger partial charge < -0.3 is 19.1 Å². The van der Waals surface area contributed by atoms with Gasteiger partial charge in [0.1, 0.15) is 11.5 Å². The van der Waals surface area contributed by atoms with E-state index in [0.717, 1.165) is 22.9 Å². The lowest BCUT2D eigenvalue weighted by atomic mass is 9.30. The number of hydrogen-bond donors (Lipinski definition) is 0. The molecular formula is C57H46B2IN3O. The van der Waals surface area contributed by atoms with E-state index in [1.54, 1.807) is 0 Å². The Morgan fingerprint density at radius 1 is 0.453 bits per heavy atom. The van der Waals surface area contributed by atoms with Crippen LogP contribution >= 0.6 is 22.6 Å². The second-order valence-corrected chi connectivity index (χ2v) is 21.2. The van der Waals surface area contributed by atoms with Gasteiger partial charge in [0.05, 0.1) is 5.52 Å². The van der Waals surface area contributed by atoms with Crippen LogP contribution in [-0.2, 0) is 5.41 Å². The number of ether oxygens (including phenoxy) is 1. The van der Waals surface area contributed by atoms with E-state index in [9.17, 15) is 0 Å². The van der Waals surface area contributed by atoms with Crippen LogP contribution in [0.25, 0.3) is 27.5 Å². The number of halogens is 1. The lowest BCUT2D eigenvalue weighted by Crippen LogP contribution is -2.64. The van der Waals surface area contributed by atoms with Crippen molar-refractivity contribution < 1.29 is 4.74 Å². The summed E-state index contributed by atoms with van der Waals surface area (Å²) in [5.74, 6) is 1.88. The summed E-state index contributed by atoms with van der Waals surface area (Å²) < 4.78 is 11.2. The highest BCUT2D eigenvalue weighted by Gasteiger charge is 2.47. The van der Waals surface area contributed by atoms with Crippen molar-refractivity contribution in [1.82, 2.24) is 4.57 Å². The molecule has 0 saturated heterocycles. The molecule has 8 aromatic carbocycles. The Morgan fingerprint density at radius 3 is 1.72 bits per heavy atom. The van der Waals surface area contributed by atoms with Gasteiger partial charge in [-0.2, -0.15) is 0 Å². The molecule has 4 nitrogen and oxygen atoms in total. The zero-order valence-corrected chi connectivity index (χ0v) is 39.6. The fourth-order valence-electron chi connectivity index (χ4n) is 11.5. The highest BCUT2D eigenvalue weighted by Crippen LogP contribution is 2.47. The molecular weight excluding hydrogens is 891 g/mol. The van der Waals surface area contributed by atoms with E-state index in [0.29, 0.717) is 0 Å². The molecule has 4 aliphatic rings. The zero-order valence-electron chi connectivity index (χ0n) is 37.5. The van der Waals surface area contributed by atoms with Gasteiger partial charge in [-0.25, -0.2) is 0 Å². The van der Waals surface area contributed by atoms with Crippen LogP contribution in [0.5, 0.6) is 11.5 Å². The van der Waals surface area contributed by atoms with Crippen molar-refractivity contribution in [3.05, 3.63) is 170 Å². The molecule has 0 aliphatic carbocycles. The minimum atomic E-state index is -0.0908. The number of aryl methyl sites for hydroxylation is 5. The summed E-state index contributed by atoms with van der Waals surface area (Å²) in [6.45, 7) is 18.0. The van der Waals surface area contributed by atoms with Gasteiger partial charge in [-0.3, -0.25) is 0 Å². The van der Waals surface area contributed by atoms with Gasteiger partial charge in [-0.15, -0.1) is 0 Å². The van der Waals surface area contributed by atoms with Gasteiger partial charge in [0.2, 0.25) is 0 Å². The molecule has 4 aliphatic heterocycles. The van der Waals surface area contributed by atoms with Crippen LogP contribution in [0.4, 0.5) is 34.1 Å². The standard InChI is InChI=1S/C57H46B2IN3O/c1-31-9-15-38(16-10-31)61-47-20-14-34(4)23-42(47)58-43-29-44-52(30-48(43)62(39-17-11-32(2)12-18-39)51-28-37(60)27-50(61)54(51)58)64-53-26-36(57(6,7)8)25-49-55(53)59(44)45-24-35(5)22-41-40-21-33(3)13-19-46(40)63(49)56(41)45/h9-30H,1-8H3. The fourth-order valence-corrected chi connectivity index (χ4v) is 12.1. The number of hydrogen-bond acceptors (Lipinski definition) is 3. The summed E-state index contributed by atoms with van der Waals surface area (Å²) in [6, 6.07) is 51.5. The summed E-state index contributed by atoms with van der Waals surface area (Å²) in [5.41, 5.74) is 26.2. The van der Waals surface area contributed by atoms with Crippen molar-refractivity contribution in [3.63, 3.8) is 0 Å². The lowest BCUT2D eigenvalue weighted by molar-refractivity contribution is 0.483. The molecule has 0 amide bonds. The van der Waals surface area contributed by atoms with E-state index in [2.05, 4.69) is 226 Å². The summed E-state index contributed by atoms with van der Waals surface area (Å²) in [7, 11) is 0. The minimum Gasteiger partial charge on any atom is -0.458 e. The predicted molar refractivity (Wildman–Crippen MR) is 281 cm³/mol. The van der Waals surface area contributed by atoms with Gasteiger partial charge in [0.25, 0.3) is 13.4 Å². The number of nitrogens with zero attached hydrogens (tertiary/aromatic N) is 3. The first-order valence-corrected chi connectivity index (χ1v) is 23.7. The number of benzene rings is 8. The number of rotatable bonds is 2. The topological polar surface area (TPSA) is 20.6 Å². The summed E-state index contributed by atoms with van der Waals surface area (Å²) in [6.07, 6.45) is 0. The molecule has 0 unspecified atom stereocenters. The Bertz CT molecular complexity index is 3550. The molecule has 0 atom stereocenters. The van der Waals surface area contributed by atoms with Crippen LogP contribution in [0.1, 0.15) is 54.2 Å². The molecule has 308 valence electrons. The van der Waals surface area contributed by atoms with Crippen LogP contribution in [0, 0.1) is 38.2 Å². The molecule has 5 heterocycles. The van der Waals surface area contributed by atoms with Gasteiger partial charge in [0, 0.05) is 65.7 Å². The fraction of sp³-hybridized carbons (Fsp3) is 0.158. The van der Waals surface area contributed by atoms with Gasteiger partial charge in [-0.05, 0) is 174 Å². The zero-order chi connectivity index (χ0) is 43.7. The van der Waals surface area contributed by atoms with E-state index in [1.807, 2.05) is 0 Å². The Balaban J connectivity index is 1.15. The molecule has 1 aromatic heterocycles. The monoisotopic (exact) mass is 937 g/mol. The van der Waals surface area contributed by atoms with Crippen molar-refractivity contribution >= 4 is 125 Å². The third kappa shape index (κ3) is 5.31. The van der Waals surface area contributed by atoms with Crippen LogP contribution in [0.3, 0.4) is 0 Å². The molecule has 0 radical (unpaired) electrons. The van der Waals surface area contributed by atoms with E-state index in [4.69, 9.17) is 4.74 Å². The van der Waals surface area contributed by atoms with Crippen LogP contribution in [-0.4, -0.2) is 18.0 Å². The summed E-state index contributed by atoms with van der Waals surface area (Å²) in [5, 5.41) is 2.62. The first kappa shape index (κ1) is 38.3. The van der Waals surface area contributed by atoms with Crippen LogP contribution in [0.15, 0.2) is 133 Å². The highest BCUT2D eigenvalue weighted by molar-refractivity contribution is 14.1. The molecule has 13 rings (SSSR count). The van der Waals surface area contributed by atoms with Crippen molar-refractivity contribution in [2.45, 2.75) is 60.8 Å². The Morgan fingerprint density at radius 2 is 1.03 bits per heavy atom. The maximum absolute atomic E-state index is 7.42. The molecule has 64 heavy (non-hydrogen) atoms. The average molecular weight is 938 g/mol. The third-order valence-corrected chi connectivity index (χ3v) is 15.1.